The van der Waals surface area contributed by atoms with Gasteiger partial charge in [0.25, 0.3) is 0 Å². The lowest BCUT2D eigenvalue weighted by Gasteiger charge is -2.13. The first-order valence-corrected chi connectivity index (χ1v) is 6.74. The number of thioether (sulfide) groups is 1. The van der Waals surface area contributed by atoms with Gasteiger partial charge in [-0.3, -0.25) is 0 Å². The average molecular weight is 289 g/mol. The maximum absolute atomic E-state index is 5.62. The number of nitrogen functional groups attached to an aromatic ring is 1. The summed E-state index contributed by atoms with van der Waals surface area (Å²) in [5, 5.41) is 3.23. The van der Waals surface area contributed by atoms with E-state index in [0.29, 0.717) is 21.1 Å². The van der Waals surface area contributed by atoms with Crippen LogP contribution in [0.2, 0.25) is 0 Å². The lowest BCUT2D eigenvalue weighted by molar-refractivity contribution is 0.925. The van der Waals surface area contributed by atoms with Gasteiger partial charge in [0.2, 0.25) is 5.95 Å². The number of nitrogens with zero attached hydrogens (tertiary/aromatic N) is 2. The minimum atomic E-state index is 0.403. The molecule has 1 heterocycles. The van der Waals surface area contributed by atoms with Crippen LogP contribution < -0.4 is 11.1 Å². The van der Waals surface area contributed by atoms with Gasteiger partial charge in [-0.1, -0.05) is 0 Å². The molecule has 1 aliphatic carbocycles. The van der Waals surface area contributed by atoms with Crippen molar-refractivity contribution >= 4 is 39.5 Å². The van der Waals surface area contributed by atoms with Gasteiger partial charge in [0.1, 0.15) is 10.4 Å². The molecular formula is C9H13BrN4S. The second kappa shape index (κ2) is 4.17. The molecular weight excluding hydrogens is 276 g/mol. The number of nitrogens with two attached hydrogens (primary N) is 1. The van der Waals surface area contributed by atoms with Crippen LogP contribution in [0, 0.1) is 0 Å². The molecule has 0 amide bonds. The molecule has 0 spiro atoms. The monoisotopic (exact) mass is 288 g/mol. The Kier molecular flexibility index (Phi) is 3.06. The van der Waals surface area contributed by atoms with E-state index in [2.05, 4.69) is 37.5 Å². The Bertz CT molecular complexity index is 347. The molecule has 0 radical (unpaired) electrons. The van der Waals surface area contributed by atoms with Crippen LogP contribution in [-0.4, -0.2) is 27.5 Å². The second-order valence-corrected chi connectivity index (χ2v) is 5.77. The number of hydrogen-bond acceptors (Lipinski definition) is 5. The predicted molar refractivity (Wildman–Crippen MR) is 68.1 cm³/mol. The first-order valence-electron chi connectivity index (χ1n) is 4.73. The lowest BCUT2D eigenvalue weighted by atomic mass is 10.4. The minimum Gasteiger partial charge on any atom is -0.383 e. The zero-order valence-electron chi connectivity index (χ0n) is 8.46. The van der Waals surface area contributed by atoms with E-state index in [1.54, 1.807) is 6.07 Å². The summed E-state index contributed by atoms with van der Waals surface area (Å²) in [5.74, 6) is 1.08. The highest BCUT2D eigenvalue weighted by Gasteiger charge is 2.41. The van der Waals surface area contributed by atoms with E-state index >= 15 is 0 Å². The van der Waals surface area contributed by atoms with Gasteiger partial charge >= 0.3 is 0 Å². The maximum Gasteiger partial charge on any atom is 0.225 e. The van der Waals surface area contributed by atoms with Crippen LogP contribution in [0.3, 0.4) is 0 Å². The summed E-state index contributed by atoms with van der Waals surface area (Å²) >= 11 is 5.19. The molecule has 6 heteroatoms. The van der Waals surface area contributed by atoms with Gasteiger partial charge in [-0.25, -0.2) is 4.98 Å². The molecule has 1 fully saturated rings. The van der Waals surface area contributed by atoms with Gasteiger partial charge in [-0.15, -0.1) is 0 Å². The van der Waals surface area contributed by atoms with Crippen molar-refractivity contribution < 1.29 is 0 Å². The number of hydrogen-bond donors (Lipinski definition) is 2. The van der Waals surface area contributed by atoms with Crippen molar-refractivity contribution in [1.82, 2.24) is 9.97 Å². The molecule has 1 saturated carbocycles. The summed E-state index contributed by atoms with van der Waals surface area (Å²) in [7, 11) is 0. The molecule has 4 nitrogen and oxygen atoms in total. The Morgan fingerprint density at radius 2 is 2.33 bits per heavy atom. The number of rotatable bonds is 4. The molecule has 15 heavy (non-hydrogen) atoms. The van der Waals surface area contributed by atoms with Gasteiger partial charge in [-0.2, -0.15) is 16.7 Å². The Morgan fingerprint density at radius 1 is 1.60 bits per heavy atom. The number of anilines is 2. The van der Waals surface area contributed by atoms with Crippen LogP contribution in [0.1, 0.15) is 12.8 Å². The lowest BCUT2D eigenvalue weighted by Crippen LogP contribution is -2.19. The normalized spacial score (nSPS) is 17.5. The third-order valence-electron chi connectivity index (χ3n) is 2.52. The number of nitrogens with one attached hydrogen (secondary N) is 1. The Morgan fingerprint density at radius 3 is 2.87 bits per heavy atom. The van der Waals surface area contributed by atoms with E-state index in [4.69, 9.17) is 5.73 Å². The fourth-order valence-corrected chi connectivity index (χ4v) is 2.48. The molecule has 0 aliphatic heterocycles. The minimum absolute atomic E-state index is 0.403. The molecule has 1 aromatic rings. The summed E-state index contributed by atoms with van der Waals surface area (Å²) in [6, 6.07) is 1.69. The standard InChI is InChI=1S/C9H13BrN4S/c1-15-9(2-3-9)5-12-8-13-6(10)4-7(11)14-8/h4H,2-3,5H2,1H3,(H3,11,12,13,14). The van der Waals surface area contributed by atoms with Crippen molar-refractivity contribution in [2.75, 3.05) is 23.9 Å². The predicted octanol–water partition coefficient (Wildman–Crippen LogP) is 2.13. The summed E-state index contributed by atoms with van der Waals surface area (Å²) in [6.45, 7) is 0.907. The molecule has 0 bridgehead atoms. The van der Waals surface area contributed by atoms with Crippen LogP contribution in [0.4, 0.5) is 11.8 Å². The molecule has 82 valence electrons. The number of halogens is 1. The second-order valence-electron chi connectivity index (χ2n) is 3.68. The van der Waals surface area contributed by atoms with Crippen molar-refractivity contribution in [2.45, 2.75) is 17.6 Å². The fourth-order valence-electron chi connectivity index (χ4n) is 1.35. The van der Waals surface area contributed by atoms with Crippen molar-refractivity contribution in [1.29, 1.82) is 0 Å². The first-order chi connectivity index (χ1) is 7.13. The highest BCUT2D eigenvalue weighted by Crippen LogP contribution is 2.46. The van der Waals surface area contributed by atoms with Gasteiger partial charge in [0, 0.05) is 17.4 Å². The highest BCUT2D eigenvalue weighted by molar-refractivity contribution is 9.10. The zero-order chi connectivity index (χ0) is 10.9. The van der Waals surface area contributed by atoms with Gasteiger partial charge in [0.05, 0.1) is 0 Å². The number of aromatic nitrogens is 2. The van der Waals surface area contributed by atoms with E-state index in [-0.39, 0.29) is 0 Å². The van der Waals surface area contributed by atoms with E-state index in [9.17, 15) is 0 Å². The molecule has 0 saturated heterocycles. The topological polar surface area (TPSA) is 63.8 Å². The smallest absolute Gasteiger partial charge is 0.225 e. The molecule has 3 N–H and O–H groups in total. The molecule has 1 aliphatic rings. The summed E-state index contributed by atoms with van der Waals surface area (Å²) < 4.78 is 1.12. The van der Waals surface area contributed by atoms with Crippen LogP contribution in [0.25, 0.3) is 0 Å². The van der Waals surface area contributed by atoms with Crippen molar-refractivity contribution in [3.8, 4) is 0 Å². The quantitative estimate of drug-likeness (QED) is 0.831. The highest BCUT2D eigenvalue weighted by atomic mass is 79.9. The molecule has 2 rings (SSSR count). The van der Waals surface area contributed by atoms with Crippen LogP contribution in [0.15, 0.2) is 10.7 Å². The Hall–Kier alpha value is -0.490. The Labute approximate surface area is 102 Å². The van der Waals surface area contributed by atoms with Crippen molar-refractivity contribution in [2.24, 2.45) is 0 Å². The van der Waals surface area contributed by atoms with E-state index < -0.39 is 0 Å². The molecule has 0 unspecified atom stereocenters. The van der Waals surface area contributed by atoms with Gasteiger partial charge in [0.15, 0.2) is 0 Å². The summed E-state index contributed by atoms with van der Waals surface area (Å²) in [4.78, 5) is 8.32. The largest absolute Gasteiger partial charge is 0.383 e. The SMILES string of the molecule is CSC1(CNc2nc(N)cc(Br)n2)CC1. The zero-order valence-corrected chi connectivity index (χ0v) is 10.9. The summed E-state index contributed by atoms with van der Waals surface area (Å²) in [5.41, 5.74) is 5.62. The first kappa shape index (κ1) is 11.0. The molecule has 1 aromatic heterocycles. The maximum atomic E-state index is 5.62. The van der Waals surface area contributed by atoms with Crippen LogP contribution in [0.5, 0.6) is 0 Å². The van der Waals surface area contributed by atoms with E-state index in [1.807, 2.05) is 11.8 Å². The third kappa shape index (κ3) is 2.75. The van der Waals surface area contributed by atoms with Gasteiger partial charge in [-0.05, 0) is 35.0 Å². The van der Waals surface area contributed by atoms with Crippen LogP contribution in [-0.2, 0) is 0 Å². The van der Waals surface area contributed by atoms with E-state index in [1.165, 1.54) is 12.8 Å². The third-order valence-corrected chi connectivity index (χ3v) is 4.35. The average Bonchev–Trinajstić information content (AvgIpc) is 2.94. The van der Waals surface area contributed by atoms with Crippen LogP contribution >= 0.6 is 27.7 Å². The summed E-state index contributed by atoms with van der Waals surface area (Å²) in [6.07, 6.45) is 4.68. The van der Waals surface area contributed by atoms with Gasteiger partial charge < -0.3 is 11.1 Å². The Balaban J connectivity index is 1.99. The fraction of sp³-hybridized carbons (Fsp3) is 0.556. The molecule has 0 aromatic carbocycles. The molecule has 0 atom stereocenters. The van der Waals surface area contributed by atoms with Crippen molar-refractivity contribution in [3.63, 3.8) is 0 Å². The van der Waals surface area contributed by atoms with Crippen molar-refractivity contribution in [3.05, 3.63) is 10.7 Å². The van der Waals surface area contributed by atoms with E-state index in [0.717, 1.165) is 6.54 Å².